The first-order valence-corrected chi connectivity index (χ1v) is 4.19. The third kappa shape index (κ3) is 5.88. The van der Waals surface area contributed by atoms with E-state index in [1.54, 1.807) is 6.92 Å². The molecule has 0 rings (SSSR count). The minimum absolute atomic E-state index is 0.375. The van der Waals surface area contributed by atoms with Crippen LogP contribution in [0.25, 0.3) is 0 Å². The first-order chi connectivity index (χ1) is 4.31. The van der Waals surface area contributed by atoms with E-state index in [-0.39, 0.29) is 0 Å². The number of hydrogen-bond donors (Lipinski definition) is 0. The number of carbonyl (C=O) groups is 1. The van der Waals surface area contributed by atoms with Gasteiger partial charge in [-0.15, -0.1) is 0 Å². The predicted octanol–water partition coefficient (Wildman–Crippen LogP) is 1.59. The molecule has 9 heavy (non-hydrogen) atoms. The van der Waals surface area contributed by atoms with Crippen LogP contribution in [0.4, 0.5) is 4.79 Å². The summed E-state index contributed by atoms with van der Waals surface area (Å²) in [6.07, 6.45) is -0.575. The van der Waals surface area contributed by atoms with E-state index in [4.69, 9.17) is 0 Å². The Bertz CT molecular complexity index is 84.3. The minimum atomic E-state index is -0.575. The van der Waals surface area contributed by atoms with Crippen LogP contribution < -0.4 is 0 Å². The van der Waals surface area contributed by atoms with Crippen LogP contribution in [0.3, 0.4) is 0 Å². The lowest BCUT2D eigenvalue weighted by Gasteiger charge is -2.00. The Hall–Kier alpha value is 0. The fraction of sp³-hybridized carbons (Fsp3) is 0.800. The molecular weight excluding hydrogens is 235 g/mol. The van der Waals surface area contributed by atoms with Crippen molar-refractivity contribution >= 4 is 28.7 Å². The van der Waals surface area contributed by atoms with Gasteiger partial charge in [0.05, 0.1) is 6.61 Å². The van der Waals surface area contributed by atoms with Crippen LogP contribution in [0.2, 0.25) is 0 Å². The van der Waals surface area contributed by atoms with E-state index < -0.39 is 6.16 Å². The lowest BCUT2D eigenvalue weighted by atomic mass is 10.8. The van der Waals surface area contributed by atoms with Crippen molar-refractivity contribution in [1.29, 1.82) is 0 Å². The molecule has 0 radical (unpaired) electrons. The van der Waals surface area contributed by atoms with Crippen LogP contribution in [0.1, 0.15) is 6.92 Å². The summed E-state index contributed by atoms with van der Waals surface area (Å²) in [6, 6.07) is 0. The second-order valence-electron chi connectivity index (χ2n) is 1.22. The van der Waals surface area contributed by atoms with E-state index in [0.29, 0.717) is 13.2 Å². The highest BCUT2D eigenvalue weighted by molar-refractivity contribution is 14.1. The van der Waals surface area contributed by atoms with Crippen LogP contribution in [0.5, 0.6) is 0 Å². The summed E-state index contributed by atoms with van der Waals surface area (Å²) in [5, 5.41) is 0. The summed E-state index contributed by atoms with van der Waals surface area (Å²) in [6.45, 7) is 2.55. The van der Waals surface area contributed by atoms with Gasteiger partial charge in [-0.3, -0.25) is 0 Å². The molecule has 0 aliphatic carbocycles. The quantitative estimate of drug-likeness (QED) is 0.429. The molecule has 0 unspecified atom stereocenters. The van der Waals surface area contributed by atoms with Gasteiger partial charge in [0.2, 0.25) is 0 Å². The van der Waals surface area contributed by atoms with Gasteiger partial charge in [0.15, 0.2) is 0 Å². The smallest absolute Gasteiger partial charge is 0.435 e. The molecule has 3 nitrogen and oxygen atoms in total. The lowest BCUT2D eigenvalue weighted by Crippen LogP contribution is -2.08. The lowest BCUT2D eigenvalue weighted by molar-refractivity contribution is 0.0642. The molecule has 54 valence electrons. The number of hydrogen-bond acceptors (Lipinski definition) is 3. The summed E-state index contributed by atoms with van der Waals surface area (Å²) in [5.74, 6) is 0. The third-order valence-electron chi connectivity index (χ3n) is 0.559. The molecule has 0 aromatic heterocycles. The minimum Gasteiger partial charge on any atom is -0.435 e. The number of ether oxygens (including phenoxy) is 2. The Morgan fingerprint density at radius 1 is 1.56 bits per heavy atom. The van der Waals surface area contributed by atoms with Gasteiger partial charge < -0.3 is 9.47 Å². The maximum atomic E-state index is 10.4. The molecule has 0 amide bonds. The molecule has 4 heteroatoms. The normalized spacial score (nSPS) is 8.67. The zero-order chi connectivity index (χ0) is 7.11. The molecule has 0 bridgehead atoms. The van der Waals surface area contributed by atoms with Crippen molar-refractivity contribution in [2.45, 2.75) is 6.92 Å². The Balaban J connectivity index is 3.06. The van der Waals surface area contributed by atoms with Crippen molar-refractivity contribution in [1.82, 2.24) is 0 Å². The number of alkyl halides is 1. The van der Waals surface area contributed by atoms with Gasteiger partial charge in [-0.2, -0.15) is 0 Å². The average molecular weight is 244 g/mol. The van der Waals surface area contributed by atoms with E-state index in [1.165, 1.54) is 0 Å². The van der Waals surface area contributed by atoms with E-state index in [9.17, 15) is 4.79 Å². The topological polar surface area (TPSA) is 35.5 Å². The van der Waals surface area contributed by atoms with Crippen LogP contribution in [-0.2, 0) is 9.47 Å². The highest BCUT2D eigenvalue weighted by Crippen LogP contribution is 1.87. The first-order valence-electron chi connectivity index (χ1n) is 2.66. The molecule has 0 spiro atoms. The van der Waals surface area contributed by atoms with Gasteiger partial charge in [0.25, 0.3) is 0 Å². The fourth-order valence-corrected chi connectivity index (χ4v) is 0.502. The fourth-order valence-electron chi connectivity index (χ4n) is 0.281. The third-order valence-corrected chi connectivity index (χ3v) is 1.000. The second kappa shape index (κ2) is 6.12. The van der Waals surface area contributed by atoms with Gasteiger partial charge in [-0.1, -0.05) is 22.6 Å². The van der Waals surface area contributed by atoms with Crippen molar-refractivity contribution in [2.75, 3.05) is 17.6 Å². The Morgan fingerprint density at radius 2 is 2.22 bits per heavy atom. The maximum Gasteiger partial charge on any atom is 0.508 e. The largest absolute Gasteiger partial charge is 0.508 e. The van der Waals surface area contributed by atoms with Crippen LogP contribution in [0, 0.1) is 0 Å². The Morgan fingerprint density at radius 3 is 2.67 bits per heavy atom. The standard InChI is InChI=1S/C5H9IO3/c1-2-8-5(7)9-4-3-6/h2-4H2,1H3. The molecule has 0 aromatic rings. The van der Waals surface area contributed by atoms with E-state index in [2.05, 4.69) is 32.1 Å². The predicted molar refractivity (Wildman–Crippen MR) is 41.9 cm³/mol. The average Bonchev–Trinajstić information content (AvgIpc) is 1.85. The molecule has 0 atom stereocenters. The zero-order valence-corrected chi connectivity index (χ0v) is 7.38. The second-order valence-corrected chi connectivity index (χ2v) is 2.30. The summed E-state index contributed by atoms with van der Waals surface area (Å²) >= 11 is 2.12. The highest BCUT2D eigenvalue weighted by atomic mass is 127. The van der Waals surface area contributed by atoms with E-state index in [1.807, 2.05) is 0 Å². The van der Waals surface area contributed by atoms with E-state index >= 15 is 0 Å². The van der Waals surface area contributed by atoms with Crippen molar-refractivity contribution in [3.8, 4) is 0 Å². The van der Waals surface area contributed by atoms with Gasteiger partial charge in [0, 0.05) is 4.43 Å². The number of rotatable bonds is 3. The number of halogens is 1. The molecule has 0 aliphatic rings. The van der Waals surface area contributed by atoms with E-state index in [0.717, 1.165) is 4.43 Å². The van der Waals surface area contributed by atoms with Gasteiger partial charge in [-0.25, -0.2) is 4.79 Å². The molecule has 0 aromatic carbocycles. The van der Waals surface area contributed by atoms with Crippen LogP contribution in [-0.4, -0.2) is 23.8 Å². The summed E-state index contributed by atoms with van der Waals surface area (Å²) in [5.41, 5.74) is 0. The van der Waals surface area contributed by atoms with Crippen LogP contribution in [0.15, 0.2) is 0 Å². The summed E-state index contributed by atoms with van der Waals surface area (Å²) in [7, 11) is 0. The summed E-state index contributed by atoms with van der Waals surface area (Å²) in [4.78, 5) is 10.4. The molecule has 0 fully saturated rings. The Labute approximate surface area is 67.8 Å². The first kappa shape index (κ1) is 9.00. The SMILES string of the molecule is CCOC(=O)OCCI. The zero-order valence-electron chi connectivity index (χ0n) is 5.22. The maximum absolute atomic E-state index is 10.4. The highest BCUT2D eigenvalue weighted by Gasteiger charge is 1.98. The van der Waals surface area contributed by atoms with Crippen molar-refractivity contribution in [2.24, 2.45) is 0 Å². The van der Waals surface area contributed by atoms with Crippen LogP contribution >= 0.6 is 22.6 Å². The monoisotopic (exact) mass is 244 g/mol. The van der Waals surface area contributed by atoms with Gasteiger partial charge in [-0.05, 0) is 6.92 Å². The van der Waals surface area contributed by atoms with Gasteiger partial charge in [0.1, 0.15) is 6.61 Å². The Kier molecular flexibility index (Phi) is 6.12. The molecule has 0 N–H and O–H groups in total. The van der Waals surface area contributed by atoms with Crippen molar-refractivity contribution in [3.05, 3.63) is 0 Å². The summed E-state index contributed by atoms with van der Waals surface area (Å²) < 4.78 is 9.84. The molecule has 0 aliphatic heterocycles. The molecule has 0 saturated carbocycles. The molecule has 0 heterocycles. The van der Waals surface area contributed by atoms with Crippen molar-refractivity contribution in [3.63, 3.8) is 0 Å². The van der Waals surface area contributed by atoms with Crippen molar-refractivity contribution < 1.29 is 14.3 Å². The van der Waals surface area contributed by atoms with Gasteiger partial charge >= 0.3 is 6.16 Å². The molecule has 0 saturated heterocycles. The molecular formula is C5H9IO3. The number of carbonyl (C=O) groups excluding carboxylic acids is 1.